The normalized spacial score (nSPS) is 15.4. The monoisotopic (exact) mass is 439 g/mol. The molecule has 5 rings (SSSR count). The summed E-state index contributed by atoms with van der Waals surface area (Å²) in [5, 5.41) is 10.9. The highest BCUT2D eigenvalue weighted by Gasteiger charge is 2.37. The zero-order valence-corrected chi connectivity index (χ0v) is 17.1. The molecular weight excluding hydrogens is 419 g/mol. The van der Waals surface area contributed by atoms with E-state index in [0.29, 0.717) is 18.9 Å². The van der Waals surface area contributed by atoms with Gasteiger partial charge in [-0.2, -0.15) is 17.7 Å². The summed E-state index contributed by atoms with van der Waals surface area (Å²) < 4.78 is 40.1. The molecule has 0 atom stereocenters. The molecule has 1 aliphatic heterocycles. The molecule has 1 saturated heterocycles. The molecular formula is C22H20F3N7. The van der Waals surface area contributed by atoms with Crippen molar-refractivity contribution in [3.05, 3.63) is 72.3 Å². The van der Waals surface area contributed by atoms with Crippen LogP contribution < -0.4 is 4.90 Å². The minimum atomic E-state index is -4.60. The molecule has 164 valence electrons. The van der Waals surface area contributed by atoms with E-state index in [2.05, 4.69) is 49.4 Å². The maximum Gasteiger partial charge on any atom is 0.453 e. The molecule has 1 aromatic carbocycles. The summed E-state index contributed by atoms with van der Waals surface area (Å²) in [5.41, 5.74) is 3.50. The van der Waals surface area contributed by atoms with Gasteiger partial charge < -0.3 is 4.90 Å². The molecule has 1 fully saturated rings. The minimum absolute atomic E-state index is 0.0782. The molecule has 0 unspecified atom stereocenters. The van der Waals surface area contributed by atoms with Crippen LogP contribution in [0.2, 0.25) is 0 Å². The summed E-state index contributed by atoms with van der Waals surface area (Å²) in [4.78, 5) is 8.47. The van der Waals surface area contributed by atoms with Gasteiger partial charge in [0.1, 0.15) is 5.82 Å². The molecule has 0 bridgehead atoms. The molecule has 32 heavy (non-hydrogen) atoms. The van der Waals surface area contributed by atoms with Gasteiger partial charge in [-0.25, -0.2) is 0 Å². The summed E-state index contributed by atoms with van der Waals surface area (Å²) in [6.45, 7) is 3.75. The van der Waals surface area contributed by atoms with Crippen LogP contribution in [0.25, 0.3) is 16.8 Å². The van der Waals surface area contributed by atoms with Gasteiger partial charge in [0.2, 0.25) is 0 Å². The van der Waals surface area contributed by atoms with Crippen molar-refractivity contribution in [1.29, 1.82) is 0 Å². The van der Waals surface area contributed by atoms with Crippen LogP contribution in [0.4, 0.5) is 19.0 Å². The van der Waals surface area contributed by atoms with Crippen molar-refractivity contribution in [2.24, 2.45) is 0 Å². The van der Waals surface area contributed by atoms with Crippen LogP contribution in [0.15, 0.2) is 60.9 Å². The summed E-state index contributed by atoms with van der Waals surface area (Å²) in [6, 6.07) is 15.6. The Morgan fingerprint density at radius 3 is 2.31 bits per heavy atom. The van der Waals surface area contributed by atoms with Gasteiger partial charge >= 0.3 is 6.18 Å². The number of benzene rings is 1. The van der Waals surface area contributed by atoms with Crippen molar-refractivity contribution in [2.45, 2.75) is 12.7 Å². The Hall–Kier alpha value is -3.53. The fraction of sp³-hybridized carbons (Fsp3) is 0.273. The van der Waals surface area contributed by atoms with Crippen LogP contribution in [-0.4, -0.2) is 55.9 Å². The summed E-state index contributed by atoms with van der Waals surface area (Å²) in [6.07, 6.45) is -1.000. The van der Waals surface area contributed by atoms with E-state index in [9.17, 15) is 13.2 Å². The molecule has 10 heteroatoms. The topological polar surface area (TPSA) is 62.5 Å². The van der Waals surface area contributed by atoms with Crippen molar-refractivity contribution in [2.75, 3.05) is 31.1 Å². The van der Waals surface area contributed by atoms with Crippen molar-refractivity contribution in [1.82, 2.24) is 29.7 Å². The predicted octanol–water partition coefficient (Wildman–Crippen LogP) is 3.53. The van der Waals surface area contributed by atoms with Gasteiger partial charge in [0.15, 0.2) is 5.65 Å². The van der Waals surface area contributed by atoms with Crippen molar-refractivity contribution in [3.63, 3.8) is 0 Å². The molecule has 0 radical (unpaired) electrons. The third-order valence-corrected chi connectivity index (χ3v) is 5.55. The number of anilines is 1. The number of rotatable bonds is 4. The summed E-state index contributed by atoms with van der Waals surface area (Å²) in [7, 11) is 0. The molecule has 0 spiro atoms. The molecule has 4 heterocycles. The van der Waals surface area contributed by atoms with Crippen LogP contribution in [0.5, 0.6) is 0 Å². The number of aromatic nitrogens is 5. The highest BCUT2D eigenvalue weighted by atomic mass is 19.4. The van der Waals surface area contributed by atoms with E-state index in [-0.39, 0.29) is 5.65 Å². The van der Waals surface area contributed by atoms with Crippen LogP contribution in [0, 0.1) is 0 Å². The lowest BCUT2D eigenvalue weighted by Gasteiger charge is -2.35. The van der Waals surface area contributed by atoms with E-state index in [1.807, 2.05) is 23.2 Å². The number of halogens is 3. The van der Waals surface area contributed by atoms with E-state index >= 15 is 0 Å². The zero-order chi connectivity index (χ0) is 22.1. The fourth-order valence-electron chi connectivity index (χ4n) is 3.85. The third-order valence-electron chi connectivity index (χ3n) is 5.55. The predicted molar refractivity (Wildman–Crippen MR) is 113 cm³/mol. The number of alkyl halides is 3. The zero-order valence-electron chi connectivity index (χ0n) is 17.1. The van der Waals surface area contributed by atoms with Gasteiger partial charge in [-0.05, 0) is 34.9 Å². The lowest BCUT2D eigenvalue weighted by Crippen LogP contribution is -2.46. The molecule has 0 amide bonds. The maximum atomic E-state index is 13.1. The average molecular weight is 439 g/mol. The second-order valence-corrected chi connectivity index (χ2v) is 7.68. The first-order chi connectivity index (χ1) is 15.5. The Kier molecular flexibility index (Phi) is 5.22. The van der Waals surface area contributed by atoms with E-state index in [1.165, 1.54) is 11.6 Å². The molecule has 0 aliphatic carbocycles. The summed E-state index contributed by atoms with van der Waals surface area (Å²) in [5.74, 6) is -0.619. The van der Waals surface area contributed by atoms with Gasteiger partial charge in [0.25, 0.3) is 5.82 Å². The number of nitrogens with zero attached hydrogens (tertiary/aromatic N) is 7. The number of pyridine rings is 1. The summed E-state index contributed by atoms with van der Waals surface area (Å²) >= 11 is 0. The van der Waals surface area contributed by atoms with Crippen LogP contribution in [0.1, 0.15) is 11.4 Å². The minimum Gasteiger partial charge on any atom is -0.353 e. The van der Waals surface area contributed by atoms with E-state index in [4.69, 9.17) is 0 Å². The Labute approximate surface area is 182 Å². The van der Waals surface area contributed by atoms with Gasteiger partial charge in [0.05, 0.1) is 0 Å². The van der Waals surface area contributed by atoms with Gasteiger partial charge in [-0.3, -0.25) is 9.88 Å². The fourth-order valence-corrected chi connectivity index (χ4v) is 3.85. The van der Waals surface area contributed by atoms with Gasteiger partial charge in [0, 0.05) is 45.1 Å². The quantitative estimate of drug-likeness (QED) is 0.485. The van der Waals surface area contributed by atoms with E-state index in [1.54, 1.807) is 12.3 Å². The first-order valence-electron chi connectivity index (χ1n) is 10.2. The maximum absolute atomic E-state index is 13.1. The van der Waals surface area contributed by atoms with Crippen molar-refractivity contribution in [3.8, 4) is 11.1 Å². The number of hydrogen-bond acceptors (Lipinski definition) is 6. The first-order valence-corrected chi connectivity index (χ1v) is 10.2. The van der Waals surface area contributed by atoms with E-state index < -0.39 is 12.0 Å². The molecule has 4 aromatic rings. The molecule has 3 aromatic heterocycles. The number of piperazine rings is 1. The second-order valence-electron chi connectivity index (χ2n) is 7.68. The van der Waals surface area contributed by atoms with Gasteiger partial charge in [-0.15, -0.1) is 15.3 Å². The van der Waals surface area contributed by atoms with Crippen LogP contribution in [0.3, 0.4) is 0 Å². The molecule has 7 nitrogen and oxygen atoms in total. The van der Waals surface area contributed by atoms with Gasteiger partial charge in [-0.1, -0.05) is 30.3 Å². The highest BCUT2D eigenvalue weighted by Crippen LogP contribution is 2.28. The number of fused-ring (bicyclic) bond motifs is 1. The lowest BCUT2D eigenvalue weighted by atomic mass is 10.1. The Morgan fingerprint density at radius 2 is 1.62 bits per heavy atom. The largest absolute Gasteiger partial charge is 0.453 e. The third kappa shape index (κ3) is 4.13. The standard InChI is InChI=1S/C22H20F3N7/c23-22(24,25)21-28-27-19-7-8-20(29-32(19)21)31-12-10-30(11-13-31)15-16-3-5-17(6-4-16)18-2-1-9-26-14-18/h1-9,14H,10-13,15H2. The Morgan fingerprint density at radius 1 is 0.844 bits per heavy atom. The van der Waals surface area contributed by atoms with Crippen LogP contribution >= 0.6 is 0 Å². The number of hydrogen-bond donors (Lipinski definition) is 0. The highest BCUT2D eigenvalue weighted by molar-refractivity contribution is 5.62. The molecule has 0 saturated carbocycles. The van der Waals surface area contributed by atoms with Crippen molar-refractivity contribution >= 4 is 11.5 Å². The Bertz CT molecular complexity index is 1200. The SMILES string of the molecule is FC(F)(F)c1nnc2ccc(N3CCN(Cc4ccc(-c5cccnc5)cc4)CC3)nn12. The second kappa shape index (κ2) is 8.19. The van der Waals surface area contributed by atoms with Crippen molar-refractivity contribution < 1.29 is 13.2 Å². The van der Waals surface area contributed by atoms with E-state index in [0.717, 1.165) is 35.3 Å². The average Bonchev–Trinajstić information content (AvgIpc) is 3.25. The molecule has 0 N–H and O–H groups in total. The Balaban J connectivity index is 1.23. The smallest absolute Gasteiger partial charge is 0.353 e. The molecule has 1 aliphatic rings. The van der Waals surface area contributed by atoms with Crippen LogP contribution in [-0.2, 0) is 12.7 Å². The first kappa shape index (κ1) is 20.4. The lowest BCUT2D eigenvalue weighted by molar-refractivity contribution is -0.146.